The van der Waals surface area contributed by atoms with Gasteiger partial charge in [-0.15, -0.1) is 0 Å². The third-order valence-electron chi connectivity index (χ3n) is 3.34. The number of hydrogen-bond donors (Lipinski definition) is 1. The molecule has 2 rings (SSSR count). The van der Waals surface area contributed by atoms with Gasteiger partial charge in [-0.2, -0.15) is 0 Å². The summed E-state index contributed by atoms with van der Waals surface area (Å²) in [5.74, 6) is 0. The molecule has 98 valence electrons. The van der Waals surface area contributed by atoms with E-state index < -0.39 is 0 Å². The van der Waals surface area contributed by atoms with Gasteiger partial charge in [0.2, 0.25) is 0 Å². The summed E-state index contributed by atoms with van der Waals surface area (Å²) in [7, 11) is 2.03. The first-order chi connectivity index (χ1) is 8.59. The van der Waals surface area contributed by atoms with E-state index in [9.17, 15) is 10.1 Å². The molecule has 1 aromatic rings. The van der Waals surface area contributed by atoms with Crippen molar-refractivity contribution in [2.45, 2.75) is 18.9 Å². The Kier molecular flexibility index (Phi) is 4.19. The van der Waals surface area contributed by atoms with Crippen LogP contribution in [0.5, 0.6) is 0 Å². The van der Waals surface area contributed by atoms with Gasteiger partial charge >= 0.3 is 0 Å². The van der Waals surface area contributed by atoms with Crippen LogP contribution in [0.4, 0.5) is 11.4 Å². The van der Waals surface area contributed by atoms with Crippen LogP contribution in [0.25, 0.3) is 0 Å². The van der Waals surface area contributed by atoms with E-state index in [2.05, 4.69) is 26.1 Å². The Morgan fingerprint density at radius 2 is 2.33 bits per heavy atom. The molecule has 1 N–H and O–H groups in total. The second-order valence-corrected chi connectivity index (χ2v) is 5.36. The van der Waals surface area contributed by atoms with Crippen molar-refractivity contribution in [3.8, 4) is 0 Å². The highest BCUT2D eigenvalue weighted by atomic mass is 79.9. The quantitative estimate of drug-likeness (QED) is 0.688. The number of piperidine rings is 1. The monoisotopic (exact) mass is 313 g/mol. The zero-order valence-electron chi connectivity index (χ0n) is 10.2. The lowest BCUT2D eigenvalue weighted by Crippen LogP contribution is -2.44. The Balaban J connectivity index is 2.19. The molecule has 1 atom stereocenters. The number of anilines is 1. The van der Waals surface area contributed by atoms with Crippen molar-refractivity contribution in [1.29, 1.82) is 0 Å². The largest absolute Gasteiger partial charge is 0.369 e. The molecule has 0 spiro atoms. The van der Waals surface area contributed by atoms with Crippen molar-refractivity contribution in [1.82, 2.24) is 5.32 Å². The van der Waals surface area contributed by atoms with Gasteiger partial charge in [0.05, 0.1) is 10.6 Å². The van der Waals surface area contributed by atoms with Crippen LogP contribution in [0.3, 0.4) is 0 Å². The van der Waals surface area contributed by atoms with Crippen LogP contribution in [0.2, 0.25) is 0 Å². The molecule has 18 heavy (non-hydrogen) atoms. The number of nitrogens with zero attached hydrogens (tertiary/aromatic N) is 2. The standard InChI is InChI=1S/C12H16BrN3O2/c1-15(10-3-2-6-14-8-10)12-5-4-9(16(17)18)7-11(12)13/h4-5,7,10,14H,2-3,6,8H2,1H3. The molecule has 0 saturated carbocycles. The zero-order chi connectivity index (χ0) is 13.1. The molecular weight excluding hydrogens is 298 g/mol. The number of rotatable bonds is 3. The average molecular weight is 314 g/mol. The van der Waals surface area contributed by atoms with E-state index in [1.807, 2.05) is 7.05 Å². The van der Waals surface area contributed by atoms with Gasteiger partial charge < -0.3 is 10.2 Å². The van der Waals surface area contributed by atoms with Crippen LogP contribution in [0.15, 0.2) is 22.7 Å². The fourth-order valence-corrected chi connectivity index (χ4v) is 2.90. The van der Waals surface area contributed by atoms with E-state index in [0.29, 0.717) is 6.04 Å². The molecule has 1 unspecified atom stereocenters. The summed E-state index contributed by atoms with van der Waals surface area (Å²) < 4.78 is 0.768. The normalized spacial score (nSPS) is 19.6. The van der Waals surface area contributed by atoms with Crippen molar-refractivity contribution < 1.29 is 4.92 Å². The lowest BCUT2D eigenvalue weighted by atomic mass is 10.1. The number of nitro benzene ring substituents is 1. The van der Waals surface area contributed by atoms with Gasteiger partial charge in [-0.05, 0) is 41.4 Å². The van der Waals surface area contributed by atoms with Gasteiger partial charge in [-0.1, -0.05) is 0 Å². The maximum Gasteiger partial charge on any atom is 0.270 e. The highest BCUT2D eigenvalue weighted by molar-refractivity contribution is 9.10. The van der Waals surface area contributed by atoms with Gasteiger partial charge in [0.15, 0.2) is 0 Å². The summed E-state index contributed by atoms with van der Waals surface area (Å²) in [6, 6.07) is 5.35. The highest BCUT2D eigenvalue weighted by Gasteiger charge is 2.20. The predicted molar refractivity (Wildman–Crippen MR) is 75.1 cm³/mol. The first kappa shape index (κ1) is 13.3. The van der Waals surface area contributed by atoms with Crippen molar-refractivity contribution in [2.24, 2.45) is 0 Å². The zero-order valence-corrected chi connectivity index (χ0v) is 11.8. The van der Waals surface area contributed by atoms with Crippen molar-refractivity contribution >= 4 is 27.3 Å². The lowest BCUT2D eigenvalue weighted by Gasteiger charge is -2.33. The molecule has 1 fully saturated rings. The van der Waals surface area contributed by atoms with Crippen molar-refractivity contribution in [2.75, 3.05) is 25.0 Å². The maximum absolute atomic E-state index is 10.7. The van der Waals surface area contributed by atoms with E-state index in [1.165, 1.54) is 6.42 Å². The number of nitro groups is 1. The summed E-state index contributed by atoms with van der Waals surface area (Å²) in [6.07, 6.45) is 2.31. The minimum atomic E-state index is -0.378. The summed E-state index contributed by atoms with van der Waals surface area (Å²) in [4.78, 5) is 12.5. The van der Waals surface area contributed by atoms with E-state index >= 15 is 0 Å². The summed E-state index contributed by atoms with van der Waals surface area (Å²) in [5, 5.41) is 14.1. The van der Waals surface area contributed by atoms with E-state index in [-0.39, 0.29) is 10.6 Å². The second-order valence-electron chi connectivity index (χ2n) is 4.50. The van der Waals surface area contributed by atoms with Gasteiger partial charge in [-0.25, -0.2) is 0 Å². The molecule has 0 amide bonds. The molecule has 6 heteroatoms. The van der Waals surface area contributed by atoms with Crippen molar-refractivity contribution in [3.05, 3.63) is 32.8 Å². The molecular formula is C12H16BrN3O2. The topological polar surface area (TPSA) is 58.4 Å². The Labute approximate surface area is 114 Å². The third kappa shape index (κ3) is 2.81. The van der Waals surface area contributed by atoms with Gasteiger partial charge in [0.1, 0.15) is 0 Å². The lowest BCUT2D eigenvalue weighted by molar-refractivity contribution is -0.384. The van der Waals surface area contributed by atoms with Gasteiger partial charge in [0, 0.05) is 36.2 Å². The molecule has 1 saturated heterocycles. The second kappa shape index (κ2) is 5.67. The molecule has 1 aliphatic rings. The first-order valence-electron chi connectivity index (χ1n) is 5.97. The molecule has 0 aliphatic carbocycles. The number of likely N-dealkylation sites (N-methyl/N-ethyl adjacent to an activating group) is 1. The summed E-state index contributed by atoms with van der Waals surface area (Å²) in [6.45, 7) is 2.03. The number of non-ortho nitro benzene ring substituents is 1. The predicted octanol–water partition coefficient (Wildman–Crippen LogP) is 2.55. The summed E-state index contributed by atoms with van der Waals surface area (Å²) in [5.41, 5.74) is 1.11. The number of benzene rings is 1. The van der Waals surface area contributed by atoms with Crippen LogP contribution < -0.4 is 10.2 Å². The number of hydrogen-bond acceptors (Lipinski definition) is 4. The molecule has 1 aliphatic heterocycles. The van der Waals surface area contributed by atoms with Crippen LogP contribution >= 0.6 is 15.9 Å². The van der Waals surface area contributed by atoms with Gasteiger partial charge in [-0.3, -0.25) is 10.1 Å². The molecule has 5 nitrogen and oxygen atoms in total. The minimum Gasteiger partial charge on any atom is -0.369 e. The molecule has 0 bridgehead atoms. The Morgan fingerprint density at radius 1 is 1.56 bits per heavy atom. The highest BCUT2D eigenvalue weighted by Crippen LogP contribution is 2.31. The first-order valence-corrected chi connectivity index (χ1v) is 6.76. The molecule has 0 aromatic heterocycles. The molecule has 0 radical (unpaired) electrons. The fourth-order valence-electron chi connectivity index (χ4n) is 2.26. The molecule has 1 aromatic carbocycles. The SMILES string of the molecule is CN(c1ccc([N+](=O)[O-])cc1Br)C1CCCNC1. The molecule has 1 heterocycles. The summed E-state index contributed by atoms with van der Waals surface area (Å²) >= 11 is 3.42. The van der Waals surface area contributed by atoms with Crippen LogP contribution in [0, 0.1) is 10.1 Å². The van der Waals surface area contributed by atoms with Crippen LogP contribution in [0.1, 0.15) is 12.8 Å². The Hall–Kier alpha value is -1.14. The van der Waals surface area contributed by atoms with Gasteiger partial charge in [0.25, 0.3) is 5.69 Å². The van der Waals surface area contributed by atoms with Crippen molar-refractivity contribution in [3.63, 3.8) is 0 Å². The Morgan fingerprint density at radius 3 is 2.89 bits per heavy atom. The minimum absolute atomic E-state index is 0.112. The van der Waals surface area contributed by atoms with E-state index in [4.69, 9.17) is 0 Å². The Bertz CT molecular complexity index is 447. The maximum atomic E-state index is 10.7. The number of halogens is 1. The van der Waals surface area contributed by atoms with Crippen LogP contribution in [-0.4, -0.2) is 31.1 Å². The fraction of sp³-hybridized carbons (Fsp3) is 0.500. The van der Waals surface area contributed by atoms with E-state index in [0.717, 1.165) is 29.7 Å². The van der Waals surface area contributed by atoms with Crippen LogP contribution in [-0.2, 0) is 0 Å². The van der Waals surface area contributed by atoms with E-state index in [1.54, 1.807) is 18.2 Å². The smallest absolute Gasteiger partial charge is 0.270 e. The number of nitrogens with one attached hydrogen (secondary N) is 1. The average Bonchev–Trinajstić information content (AvgIpc) is 2.38. The third-order valence-corrected chi connectivity index (χ3v) is 3.98.